The number of hydrogen-bond donors (Lipinski definition) is 2. The molecule has 140 valence electrons. The number of amides is 3. The quantitative estimate of drug-likeness (QED) is 0.797. The summed E-state index contributed by atoms with van der Waals surface area (Å²) in [6.45, 7) is -0.383. The Morgan fingerprint density at radius 1 is 1.15 bits per heavy atom. The van der Waals surface area contributed by atoms with Crippen LogP contribution in [-0.2, 0) is 14.4 Å². The number of nitrogens with zero attached hydrogens (tertiary/aromatic N) is 1. The van der Waals surface area contributed by atoms with E-state index in [4.69, 9.17) is 9.47 Å². The third-order valence-electron chi connectivity index (χ3n) is 3.89. The highest BCUT2D eigenvalue weighted by molar-refractivity contribution is 5.99. The zero-order valence-electron chi connectivity index (χ0n) is 14.7. The molecule has 8 nitrogen and oxygen atoms in total. The fraction of sp³-hybridized carbons (Fsp3) is 0.211. The van der Waals surface area contributed by atoms with Gasteiger partial charge in [-0.15, -0.1) is 0 Å². The highest BCUT2D eigenvalue weighted by atomic mass is 16.5. The molecule has 0 aliphatic carbocycles. The van der Waals surface area contributed by atoms with Crippen molar-refractivity contribution in [2.45, 2.75) is 0 Å². The number of anilines is 2. The first-order chi connectivity index (χ1) is 13.0. The van der Waals surface area contributed by atoms with E-state index in [1.165, 1.54) is 4.90 Å². The standard InChI is InChI=1S/C19H19N3O5/c1-22-15-9-13(7-8-16(15)27-12-19(22)25)21-17(23)10-20-18(24)11-26-14-5-3-2-4-6-14/h2-9H,10-12H2,1H3,(H,20,24)(H,21,23). The van der Waals surface area contributed by atoms with Gasteiger partial charge in [0.1, 0.15) is 11.5 Å². The molecule has 0 radical (unpaired) electrons. The number of fused-ring (bicyclic) bond motifs is 1. The molecule has 1 aliphatic heterocycles. The Balaban J connectivity index is 1.48. The van der Waals surface area contributed by atoms with Gasteiger partial charge in [-0.05, 0) is 30.3 Å². The van der Waals surface area contributed by atoms with Crippen LogP contribution in [0.25, 0.3) is 0 Å². The summed E-state index contributed by atoms with van der Waals surface area (Å²) in [5.74, 6) is 0.178. The van der Waals surface area contributed by atoms with Crippen molar-refractivity contribution in [2.75, 3.05) is 37.0 Å². The van der Waals surface area contributed by atoms with Gasteiger partial charge in [-0.3, -0.25) is 14.4 Å². The SMILES string of the molecule is CN1C(=O)COc2ccc(NC(=O)CNC(=O)COc3ccccc3)cc21. The zero-order valence-corrected chi connectivity index (χ0v) is 14.7. The average molecular weight is 369 g/mol. The van der Waals surface area contributed by atoms with Gasteiger partial charge in [0.15, 0.2) is 13.2 Å². The fourth-order valence-electron chi connectivity index (χ4n) is 2.45. The number of benzene rings is 2. The van der Waals surface area contributed by atoms with Crippen LogP contribution >= 0.6 is 0 Å². The van der Waals surface area contributed by atoms with Gasteiger partial charge >= 0.3 is 0 Å². The normalized spacial score (nSPS) is 12.6. The Labute approximate surface area is 156 Å². The Morgan fingerprint density at radius 2 is 1.93 bits per heavy atom. The van der Waals surface area contributed by atoms with Crippen LogP contribution < -0.4 is 25.0 Å². The van der Waals surface area contributed by atoms with Crippen LogP contribution in [0.2, 0.25) is 0 Å². The summed E-state index contributed by atoms with van der Waals surface area (Å²) in [7, 11) is 1.64. The van der Waals surface area contributed by atoms with Gasteiger partial charge in [-0.25, -0.2) is 0 Å². The van der Waals surface area contributed by atoms with Crippen LogP contribution in [0.15, 0.2) is 48.5 Å². The molecule has 3 amide bonds. The van der Waals surface area contributed by atoms with Crippen molar-refractivity contribution in [2.24, 2.45) is 0 Å². The molecule has 1 heterocycles. The molecule has 0 aromatic heterocycles. The summed E-state index contributed by atoms with van der Waals surface area (Å²) in [5.41, 5.74) is 1.07. The second kappa shape index (κ2) is 8.22. The molecule has 0 bridgehead atoms. The summed E-state index contributed by atoms with van der Waals surface area (Å²) < 4.78 is 10.6. The van der Waals surface area contributed by atoms with E-state index < -0.39 is 11.8 Å². The lowest BCUT2D eigenvalue weighted by Gasteiger charge is -2.26. The van der Waals surface area contributed by atoms with Crippen LogP contribution in [0.3, 0.4) is 0 Å². The van der Waals surface area contributed by atoms with Crippen LogP contribution in [-0.4, -0.2) is 44.5 Å². The number of likely N-dealkylation sites (N-methyl/N-ethyl adjacent to an activating group) is 1. The minimum absolute atomic E-state index is 0.00765. The smallest absolute Gasteiger partial charge is 0.264 e. The molecule has 2 aromatic rings. The molecule has 8 heteroatoms. The van der Waals surface area contributed by atoms with Crippen molar-refractivity contribution < 1.29 is 23.9 Å². The summed E-state index contributed by atoms with van der Waals surface area (Å²) >= 11 is 0. The molecule has 3 rings (SSSR count). The van der Waals surface area contributed by atoms with E-state index in [1.54, 1.807) is 49.5 Å². The lowest BCUT2D eigenvalue weighted by Crippen LogP contribution is -2.36. The monoisotopic (exact) mass is 369 g/mol. The number of para-hydroxylation sites is 1. The Bertz CT molecular complexity index is 854. The van der Waals surface area contributed by atoms with Crippen molar-refractivity contribution in [1.29, 1.82) is 0 Å². The van der Waals surface area contributed by atoms with Crippen LogP contribution in [0.4, 0.5) is 11.4 Å². The van der Waals surface area contributed by atoms with E-state index in [0.29, 0.717) is 22.9 Å². The maximum absolute atomic E-state index is 12.0. The van der Waals surface area contributed by atoms with Gasteiger partial charge in [0.05, 0.1) is 12.2 Å². The van der Waals surface area contributed by atoms with E-state index in [-0.39, 0.29) is 25.7 Å². The average Bonchev–Trinajstić information content (AvgIpc) is 2.69. The fourth-order valence-corrected chi connectivity index (χ4v) is 2.45. The number of carbonyl (C=O) groups excluding carboxylic acids is 3. The predicted octanol–water partition coefficient (Wildman–Crippen LogP) is 1.18. The summed E-state index contributed by atoms with van der Waals surface area (Å²) in [5, 5.41) is 5.15. The third kappa shape index (κ3) is 4.75. The molecule has 27 heavy (non-hydrogen) atoms. The largest absolute Gasteiger partial charge is 0.484 e. The number of hydrogen-bond acceptors (Lipinski definition) is 5. The van der Waals surface area contributed by atoms with E-state index >= 15 is 0 Å². The first-order valence-corrected chi connectivity index (χ1v) is 8.31. The Kier molecular flexibility index (Phi) is 5.55. The predicted molar refractivity (Wildman–Crippen MR) is 98.9 cm³/mol. The van der Waals surface area contributed by atoms with E-state index in [9.17, 15) is 14.4 Å². The molecular formula is C19H19N3O5. The minimum atomic E-state index is -0.404. The Morgan fingerprint density at radius 3 is 2.70 bits per heavy atom. The van der Waals surface area contributed by atoms with Crippen molar-refractivity contribution in [3.05, 3.63) is 48.5 Å². The highest BCUT2D eigenvalue weighted by Crippen LogP contribution is 2.33. The molecule has 2 aromatic carbocycles. The second-order valence-corrected chi connectivity index (χ2v) is 5.85. The maximum Gasteiger partial charge on any atom is 0.264 e. The summed E-state index contributed by atoms with van der Waals surface area (Å²) in [6.07, 6.45) is 0. The molecule has 0 saturated heterocycles. The van der Waals surface area contributed by atoms with Gasteiger partial charge in [-0.2, -0.15) is 0 Å². The van der Waals surface area contributed by atoms with Crippen molar-refractivity contribution in [1.82, 2.24) is 5.32 Å². The van der Waals surface area contributed by atoms with Crippen molar-refractivity contribution in [3.63, 3.8) is 0 Å². The van der Waals surface area contributed by atoms with Gasteiger partial charge in [-0.1, -0.05) is 18.2 Å². The minimum Gasteiger partial charge on any atom is -0.484 e. The Hall–Kier alpha value is -3.55. The number of ether oxygens (including phenoxy) is 2. The summed E-state index contributed by atoms with van der Waals surface area (Å²) in [4.78, 5) is 36.9. The maximum atomic E-state index is 12.0. The molecule has 0 fully saturated rings. The molecule has 0 saturated carbocycles. The van der Waals surface area contributed by atoms with Crippen molar-refractivity contribution in [3.8, 4) is 11.5 Å². The molecule has 0 spiro atoms. The highest BCUT2D eigenvalue weighted by Gasteiger charge is 2.22. The first-order valence-electron chi connectivity index (χ1n) is 8.31. The number of carbonyl (C=O) groups is 3. The van der Waals surface area contributed by atoms with Gasteiger partial charge in [0.25, 0.3) is 11.8 Å². The number of rotatable bonds is 6. The van der Waals surface area contributed by atoms with Crippen LogP contribution in [0, 0.1) is 0 Å². The van der Waals surface area contributed by atoms with E-state index in [2.05, 4.69) is 10.6 Å². The second-order valence-electron chi connectivity index (χ2n) is 5.85. The lowest BCUT2D eigenvalue weighted by atomic mass is 10.2. The third-order valence-corrected chi connectivity index (χ3v) is 3.89. The van der Waals surface area contributed by atoms with Crippen LogP contribution in [0.1, 0.15) is 0 Å². The lowest BCUT2D eigenvalue weighted by molar-refractivity contribution is -0.125. The van der Waals surface area contributed by atoms with E-state index in [1.807, 2.05) is 6.07 Å². The summed E-state index contributed by atoms with van der Waals surface area (Å²) in [6, 6.07) is 13.9. The number of nitrogens with one attached hydrogen (secondary N) is 2. The van der Waals surface area contributed by atoms with E-state index in [0.717, 1.165) is 0 Å². The van der Waals surface area contributed by atoms with Gasteiger partial charge in [0.2, 0.25) is 5.91 Å². The van der Waals surface area contributed by atoms with Crippen LogP contribution in [0.5, 0.6) is 11.5 Å². The molecule has 0 unspecified atom stereocenters. The van der Waals surface area contributed by atoms with Crippen molar-refractivity contribution >= 4 is 29.1 Å². The first kappa shape index (κ1) is 18.2. The van der Waals surface area contributed by atoms with Gasteiger partial charge < -0.3 is 25.0 Å². The molecule has 2 N–H and O–H groups in total. The zero-order chi connectivity index (χ0) is 19.2. The molecular weight excluding hydrogens is 350 g/mol. The molecule has 0 atom stereocenters. The van der Waals surface area contributed by atoms with Gasteiger partial charge in [0, 0.05) is 12.7 Å². The molecule has 1 aliphatic rings. The topological polar surface area (TPSA) is 97.0 Å².